The van der Waals surface area contributed by atoms with E-state index in [0.717, 1.165) is 22.5 Å². The third-order valence-electron chi connectivity index (χ3n) is 2.73. The number of carbonyl (C=O) groups is 1. The van der Waals surface area contributed by atoms with E-state index in [-0.39, 0.29) is 13.1 Å². The molecule has 0 spiro atoms. The zero-order valence-electron chi connectivity index (χ0n) is 11.1. The summed E-state index contributed by atoms with van der Waals surface area (Å²) in [5.74, 6) is -1.19. The zero-order valence-corrected chi connectivity index (χ0v) is 11.9. The molecule has 0 aliphatic rings. The molecule has 0 aromatic heterocycles. The van der Waals surface area contributed by atoms with Crippen molar-refractivity contribution in [2.24, 2.45) is 0 Å². The fourth-order valence-corrected chi connectivity index (χ4v) is 3.15. The number of sulfonamides is 1. The molecule has 5 nitrogen and oxygen atoms in total. The van der Waals surface area contributed by atoms with Gasteiger partial charge in [-0.15, -0.1) is 0 Å². The fourth-order valence-electron chi connectivity index (χ4n) is 1.65. The van der Waals surface area contributed by atoms with Crippen LogP contribution in [-0.4, -0.2) is 36.9 Å². The Morgan fingerprint density at radius 2 is 1.95 bits per heavy atom. The van der Waals surface area contributed by atoms with Crippen LogP contribution in [0, 0.1) is 0 Å². The maximum Gasteiger partial charge on any atom is 0.416 e. The Morgan fingerprint density at radius 3 is 2.43 bits per heavy atom. The smallest absolute Gasteiger partial charge is 0.416 e. The molecule has 0 aliphatic carbocycles. The first-order valence-electron chi connectivity index (χ1n) is 5.98. The molecule has 0 radical (unpaired) electrons. The van der Waals surface area contributed by atoms with Gasteiger partial charge in [-0.3, -0.25) is 4.79 Å². The van der Waals surface area contributed by atoms with E-state index in [1.807, 2.05) is 0 Å². The Labute approximate surface area is 120 Å². The number of carboxylic acid groups (broad SMARTS) is 1. The van der Waals surface area contributed by atoms with Gasteiger partial charge in [0, 0.05) is 13.1 Å². The minimum Gasteiger partial charge on any atom is -0.481 e. The predicted octanol–water partition coefficient (Wildman–Crippen LogP) is 2.19. The monoisotopic (exact) mass is 325 g/mol. The molecule has 0 aliphatic heterocycles. The average molecular weight is 325 g/mol. The van der Waals surface area contributed by atoms with Crippen LogP contribution in [0.1, 0.15) is 18.9 Å². The quantitative estimate of drug-likeness (QED) is 0.870. The van der Waals surface area contributed by atoms with Crippen LogP contribution in [0.5, 0.6) is 0 Å². The van der Waals surface area contributed by atoms with Gasteiger partial charge < -0.3 is 5.11 Å². The summed E-state index contributed by atoms with van der Waals surface area (Å²) in [7, 11) is -4.16. The number of carboxylic acids is 1. The fraction of sp³-hybridized carbons (Fsp3) is 0.417. The Kier molecular flexibility index (Phi) is 5.35. The van der Waals surface area contributed by atoms with Gasteiger partial charge in [0.15, 0.2) is 0 Å². The zero-order chi connectivity index (χ0) is 16.3. The van der Waals surface area contributed by atoms with Gasteiger partial charge in [-0.2, -0.15) is 17.5 Å². The topological polar surface area (TPSA) is 74.7 Å². The van der Waals surface area contributed by atoms with E-state index < -0.39 is 39.0 Å². The Balaban J connectivity index is 3.14. The number of hydrogen-bond donors (Lipinski definition) is 1. The lowest BCUT2D eigenvalue weighted by Gasteiger charge is -2.20. The largest absolute Gasteiger partial charge is 0.481 e. The lowest BCUT2D eigenvalue weighted by atomic mass is 10.2. The van der Waals surface area contributed by atoms with Crippen molar-refractivity contribution in [1.82, 2.24) is 4.31 Å². The number of alkyl halides is 3. The van der Waals surface area contributed by atoms with Gasteiger partial charge in [-0.05, 0) is 18.2 Å². The molecule has 1 aromatic carbocycles. The molecule has 1 N–H and O–H groups in total. The summed E-state index contributed by atoms with van der Waals surface area (Å²) in [6.45, 7) is 1.14. The normalized spacial score (nSPS) is 12.6. The van der Waals surface area contributed by atoms with Crippen molar-refractivity contribution in [2.75, 3.05) is 13.1 Å². The summed E-state index contributed by atoms with van der Waals surface area (Å²) in [6.07, 6.45) is -5.07. The lowest BCUT2D eigenvalue weighted by Crippen LogP contribution is -2.33. The van der Waals surface area contributed by atoms with Crippen LogP contribution in [0.4, 0.5) is 13.2 Å². The maximum atomic E-state index is 12.6. The molecule has 9 heteroatoms. The van der Waals surface area contributed by atoms with Crippen molar-refractivity contribution < 1.29 is 31.5 Å². The molecule has 0 saturated carbocycles. The summed E-state index contributed by atoms with van der Waals surface area (Å²) in [5.41, 5.74) is -1.07. The molecule has 1 rings (SSSR count). The number of nitrogens with zero attached hydrogens (tertiary/aromatic N) is 1. The summed E-state index contributed by atoms with van der Waals surface area (Å²) in [6, 6.07) is 3.36. The van der Waals surface area contributed by atoms with Crippen LogP contribution in [0.2, 0.25) is 0 Å². The summed E-state index contributed by atoms with van der Waals surface area (Å²) in [5, 5.41) is 8.57. The van der Waals surface area contributed by atoms with Crippen LogP contribution >= 0.6 is 0 Å². The van der Waals surface area contributed by atoms with Crippen LogP contribution in [-0.2, 0) is 21.0 Å². The molecule has 0 atom stereocenters. The van der Waals surface area contributed by atoms with Crippen molar-refractivity contribution >= 4 is 16.0 Å². The minimum absolute atomic E-state index is 0.0359. The SMILES string of the molecule is CCN(CCC(=O)O)S(=O)(=O)c1cccc(C(F)(F)F)c1. The predicted molar refractivity (Wildman–Crippen MR) is 68.1 cm³/mol. The highest BCUT2D eigenvalue weighted by Gasteiger charge is 2.32. The first-order chi connectivity index (χ1) is 9.59. The molecular formula is C12H14F3NO4S. The molecule has 0 bridgehead atoms. The van der Waals surface area contributed by atoms with E-state index in [4.69, 9.17) is 5.11 Å². The van der Waals surface area contributed by atoms with Crippen LogP contribution < -0.4 is 0 Å². The van der Waals surface area contributed by atoms with Crippen molar-refractivity contribution in [3.05, 3.63) is 29.8 Å². The minimum atomic E-state index is -4.65. The van der Waals surface area contributed by atoms with Gasteiger partial charge in [0.1, 0.15) is 0 Å². The highest BCUT2D eigenvalue weighted by atomic mass is 32.2. The highest BCUT2D eigenvalue weighted by molar-refractivity contribution is 7.89. The van der Waals surface area contributed by atoms with Crippen molar-refractivity contribution in [1.29, 1.82) is 0 Å². The van der Waals surface area contributed by atoms with Gasteiger partial charge in [0.05, 0.1) is 16.9 Å². The number of aliphatic carboxylic acids is 1. The molecule has 0 saturated heterocycles. The molecule has 0 unspecified atom stereocenters. The highest BCUT2D eigenvalue weighted by Crippen LogP contribution is 2.31. The Bertz CT molecular complexity index is 613. The molecule has 0 heterocycles. The van der Waals surface area contributed by atoms with E-state index in [0.29, 0.717) is 6.07 Å². The van der Waals surface area contributed by atoms with Crippen LogP contribution in [0.25, 0.3) is 0 Å². The third kappa shape index (κ3) is 4.43. The number of halogens is 3. The third-order valence-corrected chi connectivity index (χ3v) is 4.70. The second-order valence-corrected chi connectivity index (χ2v) is 6.10. The first kappa shape index (κ1) is 17.4. The van der Waals surface area contributed by atoms with Gasteiger partial charge in [0.25, 0.3) is 0 Å². The van der Waals surface area contributed by atoms with E-state index in [1.165, 1.54) is 6.92 Å². The van der Waals surface area contributed by atoms with Gasteiger partial charge in [-0.25, -0.2) is 8.42 Å². The van der Waals surface area contributed by atoms with Gasteiger partial charge in [-0.1, -0.05) is 13.0 Å². The number of hydrogen-bond acceptors (Lipinski definition) is 3. The summed E-state index contributed by atoms with van der Waals surface area (Å²) >= 11 is 0. The van der Waals surface area contributed by atoms with Gasteiger partial charge in [0.2, 0.25) is 10.0 Å². The number of benzene rings is 1. The second-order valence-electron chi connectivity index (χ2n) is 4.17. The average Bonchev–Trinajstić information content (AvgIpc) is 2.38. The molecule has 118 valence electrons. The molecule has 0 fully saturated rings. The molecule has 0 amide bonds. The standard InChI is InChI=1S/C12H14F3NO4S/c1-2-16(7-6-11(17)18)21(19,20)10-5-3-4-9(8-10)12(13,14)15/h3-5,8H,2,6-7H2,1H3,(H,17,18). The van der Waals surface area contributed by atoms with Gasteiger partial charge >= 0.3 is 12.1 Å². The van der Waals surface area contributed by atoms with Crippen LogP contribution in [0.15, 0.2) is 29.2 Å². The molecule has 1 aromatic rings. The van der Waals surface area contributed by atoms with Crippen molar-refractivity contribution in [3.8, 4) is 0 Å². The van der Waals surface area contributed by atoms with Crippen molar-refractivity contribution in [3.63, 3.8) is 0 Å². The van der Waals surface area contributed by atoms with E-state index in [2.05, 4.69) is 0 Å². The van der Waals surface area contributed by atoms with Crippen molar-refractivity contribution in [2.45, 2.75) is 24.4 Å². The van der Waals surface area contributed by atoms with E-state index in [1.54, 1.807) is 0 Å². The second kappa shape index (κ2) is 6.44. The van der Waals surface area contributed by atoms with Crippen LogP contribution in [0.3, 0.4) is 0 Å². The molecular weight excluding hydrogens is 311 g/mol. The van der Waals surface area contributed by atoms with E-state index >= 15 is 0 Å². The molecule has 21 heavy (non-hydrogen) atoms. The maximum absolute atomic E-state index is 12.6. The summed E-state index contributed by atoms with van der Waals surface area (Å²) < 4.78 is 63.1. The Morgan fingerprint density at radius 1 is 1.33 bits per heavy atom. The van der Waals surface area contributed by atoms with E-state index in [9.17, 15) is 26.4 Å². The Hall–Kier alpha value is -1.61. The number of rotatable bonds is 6. The first-order valence-corrected chi connectivity index (χ1v) is 7.42. The summed E-state index contributed by atoms with van der Waals surface area (Å²) in [4.78, 5) is 9.99. The lowest BCUT2D eigenvalue weighted by molar-refractivity contribution is -0.138.